The number of ether oxygens (including phenoxy) is 3. The van der Waals surface area contributed by atoms with Gasteiger partial charge in [0.2, 0.25) is 0 Å². The Labute approximate surface area is 196 Å². The fourth-order valence-electron chi connectivity index (χ4n) is 2.91. The third-order valence-corrected chi connectivity index (χ3v) is 5.18. The smallest absolute Gasteiger partial charge is 0.748 e. The Morgan fingerprint density at radius 3 is 2.45 bits per heavy atom. The zero-order chi connectivity index (χ0) is 20.8. The quantitative estimate of drug-likeness (QED) is 0.183. The number of aliphatic hydroxyl groups excluding tert-OH is 1. The predicted molar refractivity (Wildman–Crippen MR) is 102 cm³/mol. The minimum Gasteiger partial charge on any atom is -0.748 e. The van der Waals surface area contributed by atoms with Crippen molar-refractivity contribution in [1.29, 1.82) is 0 Å². The first kappa shape index (κ1) is 29.1. The van der Waals surface area contributed by atoms with Crippen LogP contribution < -0.4 is 34.9 Å². The summed E-state index contributed by atoms with van der Waals surface area (Å²) >= 11 is 0. The van der Waals surface area contributed by atoms with Gasteiger partial charge in [0, 0.05) is 6.54 Å². The first-order valence-electron chi connectivity index (χ1n) is 10.1. The molecule has 1 saturated heterocycles. The van der Waals surface area contributed by atoms with E-state index in [1.165, 1.54) is 38.5 Å². The van der Waals surface area contributed by atoms with Crippen molar-refractivity contribution in [3.8, 4) is 0 Å². The largest absolute Gasteiger partial charge is 1.00 e. The summed E-state index contributed by atoms with van der Waals surface area (Å²) in [5, 5.41) is 11.5. The Balaban J connectivity index is 0.00000784. The monoisotopic (exact) mass is 447 g/mol. The van der Waals surface area contributed by atoms with Crippen LogP contribution in [-0.2, 0) is 24.3 Å². The molecule has 0 saturated carbocycles. The van der Waals surface area contributed by atoms with Gasteiger partial charge in [-0.05, 0) is 12.8 Å². The molecule has 29 heavy (non-hydrogen) atoms. The third kappa shape index (κ3) is 16.4. The Hall–Kier alpha value is 0.0600. The van der Waals surface area contributed by atoms with Crippen LogP contribution >= 0.6 is 0 Å². The summed E-state index contributed by atoms with van der Waals surface area (Å²) in [6.45, 7) is 2.16. The Kier molecular flexibility index (Phi) is 16.8. The van der Waals surface area contributed by atoms with Crippen molar-refractivity contribution in [2.24, 2.45) is 0 Å². The Morgan fingerprint density at radius 2 is 1.83 bits per heavy atom. The van der Waals surface area contributed by atoms with Crippen LogP contribution in [0.5, 0.6) is 0 Å². The van der Waals surface area contributed by atoms with Crippen LogP contribution in [0.25, 0.3) is 0 Å². The molecule has 1 aliphatic heterocycles. The van der Waals surface area contributed by atoms with E-state index < -0.39 is 28.1 Å². The van der Waals surface area contributed by atoms with Gasteiger partial charge in [0.25, 0.3) is 0 Å². The number of hydrogen-bond donors (Lipinski definition) is 2. The third-order valence-electron chi connectivity index (χ3n) is 4.38. The van der Waals surface area contributed by atoms with Gasteiger partial charge in [-0.25, -0.2) is 13.2 Å². The molecule has 1 fully saturated rings. The maximum atomic E-state index is 11.5. The number of amides is 1. The predicted octanol–water partition coefficient (Wildman–Crippen LogP) is -1.10. The van der Waals surface area contributed by atoms with Crippen molar-refractivity contribution in [1.82, 2.24) is 5.32 Å². The number of unbranched alkanes of at least 4 members (excludes halogenated alkanes) is 7. The van der Waals surface area contributed by atoms with Crippen LogP contribution in [0.4, 0.5) is 4.79 Å². The van der Waals surface area contributed by atoms with Gasteiger partial charge in [0.1, 0.15) is 12.7 Å². The molecule has 1 heterocycles. The summed E-state index contributed by atoms with van der Waals surface area (Å²) in [5.41, 5.74) is 0. The number of alkyl carbamates (subject to hydrolysis) is 1. The molecule has 3 unspecified atom stereocenters. The van der Waals surface area contributed by atoms with Crippen molar-refractivity contribution in [2.75, 3.05) is 25.5 Å². The van der Waals surface area contributed by atoms with Crippen LogP contribution in [0.3, 0.4) is 0 Å². The van der Waals surface area contributed by atoms with Crippen molar-refractivity contribution in [3.63, 3.8) is 0 Å². The maximum Gasteiger partial charge on any atom is 1.00 e. The second-order valence-electron chi connectivity index (χ2n) is 7.14. The van der Waals surface area contributed by atoms with Crippen molar-refractivity contribution < 1.29 is 66.6 Å². The topological polar surface area (TPSA) is 134 Å². The fraction of sp³-hybridized carbons (Fsp3) is 0.944. The van der Waals surface area contributed by atoms with Crippen molar-refractivity contribution >= 4 is 16.2 Å². The summed E-state index contributed by atoms with van der Waals surface area (Å²) in [5.74, 6) is -0.965. The molecule has 9 nitrogen and oxygen atoms in total. The molecule has 0 radical (unpaired) electrons. The second kappa shape index (κ2) is 16.7. The van der Waals surface area contributed by atoms with Crippen LogP contribution in [-0.4, -0.2) is 68.2 Å². The molecule has 1 aliphatic rings. The van der Waals surface area contributed by atoms with E-state index in [0.717, 1.165) is 19.3 Å². The molecule has 0 spiro atoms. The molecule has 0 bridgehead atoms. The average molecular weight is 448 g/mol. The number of nitrogens with one attached hydrogen (secondary N) is 1. The van der Waals surface area contributed by atoms with Crippen LogP contribution in [0.2, 0.25) is 0 Å². The molecule has 0 aromatic rings. The summed E-state index contributed by atoms with van der Waals surface area (Å²) in [4.78, 5) is 11.5. The van der Waals surface area contributed by atoms with E-state index in [-0.39, 0.29) is 55.1 Å². The van der Waals surface area contributed by atoms with E-state index in [4.69, 9.17) is 14.2 Å². The normalized spacial score (nSPS) is 20.1. The van der Waals surface area contributed by atoms with Gasteiger partial charge >= 0.3 is 35.7 Å². The minimum absolute atomic E-state index is 0. The summed E-state index contributed by atoms with van der Waals surface area (Å²) in [6.07, 6.45) is 7.76. The van der Waals surface area contributed by atoms with E-state index in [0.29, 0.717) is 6.61 Å². The minimum atomic E-state index is -4.55. The molecular formula is C18H34NNaO8S. The standard InChI is InChI=1S/C18H35NO8S.Na/c1-2-3-4-5-6-7-8-9-10-17-25-12-16(27-17)13-26-18(21)19-11-15(20)14-28(22,23)24;/h15-17,20H,2-14H2,1H3,(H,19,21)(H,22,23,24);/q;+1/p-1. The van der Waals surface area contributed by atoms with Gasteiger partial charge in [-0.1, -0.05) is 51.9 Å². The molecule has 166 valence electrons. The van der Waals surface area contributed by atoms with Crippen LogP contribution in [0.15, 0.2) is 0 Å². The molecule has 11 heteroatoms. The first-order chi connectivity index (χ1) is 13.3. The summed E-state index contributed by atoms with van der Waals surface area (Å²) < 4.78 is 47.6. The van der Waals surface area contributed by atoms with Crippen LogP contribution in [0, 0.1) is 0 Å². The van der Waals surface area contributed by atoms with E-state index in [1.807, 2.05) is 0 Å². The maximum absolute atomic E-state index is 11.5. The number of rotatable bonds is 15. The number of carbonyl (C=O) groups is 1. The summed E-state index contributed by atoms with van der Waals surface area (Å²) in [7, 11) is -4.55. The first-order valence-corrected chi connectivity index (χ1v) is 11.7. The molecule has 3 atom stereocenters. The number of aliphatic hydroxyl groups is 1. The van der Waals surface area contributed by atoms with E-state index in [2.05, 4.69) is 12.2 Å². The van der Waals surface area contributed by atoms with E-state index >= 15 is 0 Å². The molecule has 2 N–H and O–H groups in total. The average Bonchev–Trinajstić information content (AvgIpc) is 3.07. The zero-order valence-corrected chi connectivity index (χ0v) is 20.5. The van der Waals surface area contributed by atoms with E-state index in [1.54, 1.807) is 0 Å². The van der Waals surface area contributed by atoms with Gasteiger partial charge in [-0.2, -0.15) is 0 Å². The number of hydrogen-bond acceptors (Lipinski definition) is 8. The molecular weight excluding hydrogens is 413 g/mol. The van der Waals surface area contributed by atoms with Gasteiger partial charge in [-0.3, -0.25) is 0 Å². The second-order valence-corrected chi connectivity index (χ2v) is 8.59. The van der Waals surface area contributed by atoms with Gasteiger partial charge in [0.15, 0.2) is 6.29 Å². The van der Waals surface area contributed by atoms with Gasteiger partial charge < -0.3 is 29.2 Å². The van der Waals surface area contributed by atoms with E-state index in [9.17, 15) is 22.9 Å². The SMILES string of the molecule is CCCCCCCCCCC1OCC(COC(=O)NCC(O)CS(=O)(=O)[O-])O1.[Na+]. The molecule has 0 aliphatic carbocycles. The number of carbonyl (C=O) groups excluding carboxylic acids is 1. The Morgan fingerprint density at radius 1 is 1.21 bits per heavy atom. The molecule has 0 aromatic heterocycles. The van der Waals surface area contributed by atoms with Crippen molar-refractivity contribution in [2.45, 2.75) is 83.2 Å². The molecule has 1 rings (SSSR count). The van der Waals surface area contributed by atoms with Gasteiger partial charge in [0.05, 0.1) is 28.6 Å². The molecule has 0 aromatic carbocycles. The fourth-order valence-corrected chi connectivity index (χ4v) is 3.50. The van der Waals surface area contributed by atoms with Crippen molar-refractivity contribution in [3.05, 3.63) is 0 Å². The Bertz CT molecular complexity index is 534. The zero-order valence-electron chi connectivity index (χ0n) is 17.6. The van der Waals surface area contributed by atoms with Gasteiger partial charge in [-0.15, -0.1) is 0 Å². The van der Waals surface area contributed by atoms with Crippen LogP contribution in [0.1, 0.15) is 64.7 Å². The summed E-state index contributed by atoms with van der Waals surface area (Å²) in [6, 6.07) is 0. The molecule has 1 amide bonds.